The fraction of sp³-hybridized carbons (Fsp3) is 0.286. The molecule has 0 spiro atoms. The minimum Gasteiger partial charge on any atom is -0.507 e. The van der Waals surface area contributed by atoms with E-state index in [1.54, 1.807) is 19.1 Å². The molecule has 1 fully saturated rings. The molecule has 0 bridgehead atoms. The van der Waals surface area contributed by atoms with Crippen LogP contribution in [0.1, 0.15) is 17.5 Å². The molecular weight excluding hydrogens is 322 g/mol. The summed E-state index contributed by atoms with van der Waals surface area (Å²) in [6.45, 7) is 1.73. The Labute approximate surface area is 136 Å². The predicted molar refractivity (Wildman–Crippen MR) is 86.2 cm³/mol. The van der Waals surface area contributed by atoms with Crippen molar-refractivity contribution in [3.63, 3.8) is 0 Å². The van der Waals surface area contributed by atoms with E-state index in [4.69, 9.17) is 9.84 Å². The van der Waals surface area contributed by atoms with Crippen molar-refractivity contribution in [3.05, 3.63) is 23.3 Å². The first-order chi connectivity index (χ1) is 10.9. The van der Waals surface area contributed by atoms with Gasteiger partial charge in [0.25, 0.3) is 0 Å². The Morgan fingerprint density at radius 1 is 1.52 bits per heavy atom. The SMILES string of the molecule is COc1cc(C)c(O)c(C=NN=C2NC(=O)C(CC(=O)O)S2)c1. The molecule has 122 valence electrons. The fourth-order valence-corrected chi connectivity index (χ4v) is 2.79. The number of benzene rings is 1. The second-order valence-electron chi connectivity index (χ2n) is 4.73. The molecule has 0 aliphatic carbocycles. The van der Waals surface area contributed by atoms with Gasteiger partial charge in [0.15, 0.2) is 5.17 Å². The highest BCUT2D eigenvalue weighted by molar-refractivity contribution is 8.15. The summed E-state index contributed by atoms with van der Waals surface area (Å²) in [6, 6.07) is 3.28. The summed E-state index contributed by atoms with van der Waals surface area (Å²) in [5.74, 6) is -0.841. The van der Waals surface area contributed by atoms with E-state index in [1.807, 2.05) is 0 Å². The Balaban J connectivity index is 2.11. The first-order valence-corrected chi connectivity index (χ1v) is 7.46. The van der Waals surface area contributed by atoms with Gasteiger partial charge < -0.3 is 20.3 Å². The Morgan fingerprint density at radius 2 is 2.26 bits per heavy atom. The molecule has 1 heterocycles. The van der Waals surface area contributed by atoms with Gasteiger partial charge in [-0.15, -0.1) is 5.10 Å². The van der Waals surface area contributed by atoms with E-state index in [0.717, 1.165) is 11.8 Å². The van der Waals surface area contributed by atoms with E-state index in [1.165, 1.54) is 13.3 Å². The number of carbonyl (C=O) groups is 2. The average molecular weight is 337 g/mol. The molecule has 0 aromatic heterocycles. The lowest BCUT2D eigenvalue weighted by molar-refractivity contribution is -0.138. The van der Waals surface area contributed by atoms with Gasteiger partial charge in [0, 0.05) is 5.56 Å². The van der Waals surface area contributed by atoms with Crippen LogP contribution < -0.4 is 10.1 Å². The number of carboxylic acid groups (broad SMARTS) is 1. The third-order valence-corrected chi connectivity index (χ3v) is 4.09. The van der Waals surface area contributed by atoms with Gasteiger partial charge in [-0.25, -0.2) is 0 Å². The summed E-state index contributed by atoms with van der Waals surface area (Å²) in [6.07, 6.45) is 1.05. The van der Waals surface area contributed by atoms with Crippen LogP contribution in [0, 0.1) is 6.92 Å². The highest BCUT2D eigenvalue weighted by Crippen LogP contribution is 2.26. The number of nitrogens with zero attached hydrogens (tertiary/aromatic N) is 2. The molecule has 1 atom stereocenters. The van der Waals surface area contributed by atoms with Gasteiger partial charge in [-0.1, -0.05) is 11.8 Å². The van der Waals surface area contributed by atoms with Crippen molar-refractivity contribution in [2.45, 2.75) is 18.6 Å². The number of hydrogen-bond acceptors (Lipinski definition) is 7. The predicted octanol–water partition coefficient (Wildman–Crippen LogP) is 1.11. The highest BCUT2D eigenvalue weighted by Gasteiger charge is 2.32. The van der Waals surface area contributed by atoms with Crippen LogP contribution in [-0.4, -0.2) is 45.8 Å². The Hall–Kier alpha value is -2.55. The van der Waals surface area contributed by atoms with Gasteiger partial charge in [0.2, 0.25) is 5.91 Å². The average Bonchev–Trinajstić information content (AvgIpc) is 2.82. The third-order valence-electron chi connectivity index (χ3n) is 3.02. The quantitative estimate of drug-likeness (QED) is 0.547. The van der Waals surface area contributed by atoms with Crippen molar-refractivity contribution in [1.29, 1.82) is 0 Å². The smallest absolute Gasteiger partial charge is 0.305 e. The summed E-state index contributed by atoms with van der Waals surface area (Å²) in [5, 5.41) is 28.3. The van der Waals surface area contributed by atoms with Gasteiger partial charge in [-0.2, -0.15) is 5.10 Å². The molecule has 1 aromatic carbocycles. The number of carbonyl (C=O) groups excluding carboxylic acids is 1. The van der Waals surface area contributed by atoms with Gasteiger partial charge >= 0.3 is 5.97 Å². The number of methoxy groups -OCH3 is 1. The van der Waals surface area contributed by atoms with Crippen molar-refractivity contribution in [3.8, 4) is 11.5 Å². The minimum absolute atomic E-state index is 0.0571. The standard InChI is InChI=1S/C14H15N3O5S/c1-7-3-9(22-2)4-8(12(7)20)6-15-17-14-16-13(21)10(23-14)5-11(18)19/h3-4,6,10,20H,5H2,1-2H3,(H,18,19)(H,16,17,21). The molecule has 0 radical (unpaired) electrons. The van der Waals surface area contributed by atoms with Crippen molar-refractivity contribution in [1.82, 2.24) is 5.32 Å². The Bertz CT molecular complexity index is 702. The van der Waals surface area contributed by atoms with E-state index < -0.39 is 17.1 Å². The number of ether oxygens (including phenoxy) is 1. The van der Waals surface area contributed by atoms with Crippen LogP contribution in [0.5, 0.6) is 11.5 Å². The van der Waals surface area contributed by atoms with Crippen molar-refractivity contribution in [2.75, 3.05) is 7.11 Å². The maximum atomic E-state index is 11.6. The molecule has 1 aromatic rings. The number of phenolic OH excluding ortho intramolecular Hbond substituents is 1. The number of nitrogens with one attached hydrogen (secondary N) is 1. The maximum Gasteiger partial charge on any atom is 0.305 e. The molecule has 2 rings (SSSR count). The first kappa shape index (κ1) is 16.8. The van der Waals surface area contributed by atoms with Gasteiger partial charge in [0.05, 0.1) is 19.7 Å². The number of hydrogen-bond donors (Lipinski definition) is 3. The minimum atomic E-state index is -1.06. The number of phenols is 1. The molecule has 0 saturated carbocycles. The molecule has 8 nitrogen and oxygen atoms in total. The second kappa shape index (κ2) is 7.14. The largest absolute Gasteiger partial charge is 0.507 e. The fourth-order valence-electron chi connectivity index (χ4n) is 1.88. The Morgan fingerprint density at radius 3 is 2.91 bits per heavy atom. The van der Waals surface area contributed by atoms with Crippen LogP contribution in [0.3, 0.4) is 0 Å². The van der Waals surface area contributed by atoms with E-state index >= 15 is 0 Å². The zero-order valence-electron chi connectivity index (χ0n) is 12.4. The molecule has 23 heavy (non-hydrogen) atoms. The van der Waals surface area contributed by atoms with Crippen molar-refractivity contribution >= 4 is 35.0 Å². The number of aryl methyl sites for hydroxylation is 1. The molecule has 1 saturated heterocycles. The number of aliphatic carboxylic acids is 1. The molecule has 9 heteroatoms. The lowest BCUT2D eigenvalue weighted by Crippen LogP contribution is -2.26. The van der Waals surface area contributed by atoms with E-state index in [-0.39, 0.29) is 17.3 Å². The van der Waals surface area contributed by atoms with Gasteiger partial charge in [-0.3, -0.25) is 9.59 Å². The summed E-state index contributed by atoms with van der Waals surface area (Å²) in [5.41, 5.74) is 1.05. The van der Waals surface area contributed by atoms with Crippen LogP contribution in [0.25, 0.3) is 0 Å². The first-order valence-electron chi connectivity index (χ1n) is 6.58. The zero-order valence-corrected chi connectivity index (χ0v) is 13.3. The third kappa shape index (κ3) is 4.22. The molecular formula is C14H15N3O5S. The van der Waals surface area contributed by atoms with Crippen molar-refractivity contribution in [2.24, 2.45) is 10.2 Å². The van der Waals surface area contributed by atoms with Crippen LogP contribution >= 0.6 is 11.8 Å². The Kier molecular flexibility index (Phi) is 5.22. The molecule has 1 aliphatic heterocycles. The normalized spacial score (nSPS) is 19.3. The van der Waals surface area contributed by atoms with E-state index in [2.05, 4.69) is 15.5 Å². The van der Waals surface area contributed by atoms with Crippen LogP contribution in [0.15, 0.2) is 22.3 Å². The number of aromatic hydroxyl groups is 1. The van der Waals surface area contributed by atoms with E-state index in [0.29, 0.717) is 16.9 Å². The van der Waals surface area contributed by atoms with Gasteiger partial charge in [0.1, 0.15) is 16.7 Å². The second-order valence-corrected chi connectivity index (χ2v) is 5.92. The molecule has 1 aliphatic rings. The number of thioether (sulfide) groups is 1. The number of carboxylic acids is 1. The highest BCUT2D eigenvalue weighted by atomic mass is 32.2. The summed E-state index contributed by atoms with van der Waals surface area (Å²) in [7, 11) is 1.51. The topological polar surface area (TPSA) is 121 Å². The number of amidine groups is 1. The lowest BCUT2D eigenvalue weighted by atomic mass is 10.1. The summed E-state index contributed by atoms with van der Waals surface area (Å²) >= 11 is 1.00. The molecule has 1 amide bonds. The summed E-state index contributed by atoms with van der Waals surface area (Å²) < 4.78 is 5.11. The maximum absolute atomic E-state index is 11.6. The monoisotopic (exact) mass is 337 g/mol. The molecule has 3 N–H and O–H groups in total. The van der Waals surface area contributed by atoms with Crippen LogP contribution in [0.4, 0.5) is 0 Å². The lowest BCUT2D eigenvalue weighted by Gasteiger charge is -2.06. The van der Waals surface area contributed by atoms with E-state index in [9.17, 15) is 14.7 Å². The van der Waals surface area contributed by atoms with Crippen molar-refractivity contribution < 1.29 is 24.5 Å². The zero-order chi connectivity index (χ0) is 17.0. The van der Waals surface area contributed by atoms with Gasteiger partial charge in [-0.05, 0) is 24.6 Å². The number of rotatable bonds is 5. The van der Waals surface area contributed by atoms with Crippen LogP contribution in [-0.2, 0) is 9.59 Å². The number of amides is 1. The van der Waals surface area contributed by atoms with Crippen LogP contribution in [0.2, 0.25) is 0 Å². The summed E-state index contributed by atoms with van der Waals surface area (Å²) in [4.78, 5) is 22.2. The molecule has 1 unspecified atom stereocenters.